The van der Waals surface area contributed by atoms with Gasteiger partial charge in [-0.25, -0.2) is 4.39 Å². The molecule has 0 radical (unpaired) electrons. The van der Waals surface area contributed by atoms with Crippen molar-refractivity contribution >= 4 is 0 Å². The van der Waals surface area contributed by atoms with Crippen molar-refractivity contribution in [3.63, 3.8) is 0 Å². The van der Waals surface area contributed by atoms with Crippen LogP contribution in [0, 0.1) is 0 Å². The number of hydrogen-bond acceptors (Lipinski definition) is 2. The van der Waals surface area contributed by atoms with Gasteiger partial charge in [0.25, 0.3) is 0 Å². The molecule has 12 heavy (non-hydrogen) atoms. The van der Waals surface area contributed by atoms with E-state index in [-0.39, 0.29) is 12.7 Å². The van der Waals surface area contributed by atoms with Gasteiger partial charge in [0.2, 0.25) is 0 Å². The highest BCUT2D eigenvalue weighted by Gasteiger charge is 2.20. The second kappa shape index (κ2) is 4.19. The molecule has 0 spiro atoms. The van der Waals surface area contributed by atoms with Crippen LogP contribution in [0.15, 0.2) is 0 Å². The minimum atomic E-state index is -1.20. The van der Waals surface area contributed by atoms with Crippen molar-refractivity contribution in [1.82, 2.24) is 5.32 Å². The third-order valence-corrected chi connectivity index (χ3v) is 1.91. The Bertz CT molecular complexity index is 127. The van der Waals surface area contributed by atoms with Gasteiger partial charge < -0.3 is 10.1 Å². The van der Waals surface area contributed by atoms with Crippen LogP contribution in [0.1, 0.15) is 26.7 Å². The average Bonchev–Trinajstić information content (AvgIpc) is 2.02. The molecule has 0 saturated carbocycles. The Morgan fingerprint density at radius 2 is 2.33 bits per heavy atom. The van der Waals surface area contributed by atoms with E-state index < -0.39 is 5.67 Å². The van der Waals surface area contributed by atoms with Crippen molar-refractivity contribution in [2.45, 2.75) is 38.5 Å². The van der Waals surface area contributed by atoms with Crippen molar-refractivity contribution in [3.8, 4) is 0 Å². The Labute approximate surface area is 73.5 Å². The van der Waals surface area contributed by atoms with Gasteiger partial charge in [-0.05, 0) is 33.2 Å². The smallest absolute Gasteiger partial charge is 0.128 e. The number of piperidine rings is 1. The number of hydrogen-bond donors (Lipinski definition) is 1. The van der Waals surface area contributed by atoms with E-state index in [1.807, 2.05) is 0 Å². The first-order valence-corrected chi connectivity index (χ1v) is 4.59. The summed E-state index contributed by atoms with van der Waals surface area (Å²) in [6.07, 6.45) is 2.41. The fourth-order valence-electron chi connectivity index (χ4n) is 1.28. The van der Waals surface area contributed by atoms with Crippen LogP contribution in [0.25, 0.3) is 0 Å². The fourth-order valence-corrected chi connectivity index (χ4v) is 1.28. The second-order valence-electron chi connectivity index (χ2n) is 4.00. The maximum Gasteiger partial charge on any atom is 0.128 e. The standard InChI is InChI=1S/C9H18FNO/c1-9(2,10)7-12-8-4-3-5-11-6-8/h8,11H,3-7H2,1-2H3. The van der Waals surface area contributed by atoms with E-state index >= 15 is 0 Å². The predicted molar refractivity (Wildman–Crippen MR) is 47.0 cm³/mol. The molecule has 1 aliphatic rings. The monoisotopic (exact) mass is 175 g/mol. The Kier molecular flexibility index (Phi) is 3.47. The highest BCUT2D eigenvalue weighted by molar-refractivity contribution is 4.71. The molecule has 1 N–H and O–H groups in total. The maximum atomic E-state index is 13.0. The van der Waals surface area contributed by atoms with Crippen molar-refractivity contribution in [2.24, 2.45) is 0 Å². The van der Waals surface area contributed by atoms with E-state index in [4.69, 9.17) is 4.74 Å². The quantitative estimate of drug-likeness (QED) is 0.702. The minimum Gasteiger partial charge on any atom is -0.374 e. The third-order valence-electron chi connectivity index (χ3n) is 1.91. The number of rotatable bonds is 3. The van der Waals surface area contributed by atoms with Crippen LogP contribution in [-0.2, 0) is 4.74 Å². The maximum absolute atomic E-state index is 13.0. The van der Waals surface area contributed by atoms with Crippen molar-refractivity contribution in [2.75, 3.05) is 19.7 Å². The molecule has 0 aliphatic carbocycles. The van der Waals surface area contributed by atoms with Crippen molar-refractivity contribution in [1.29, 1.82) is 0 Å². The summed E-state index contributed by atoms with van der Waals surface area (Å²) >= 11 is 0. The summed E-state index contributed by atoms with van der Waals surface area (Å²) in [6.45, 7) is 5.24. The lowest BCUT2D eigenvalue weighted by atomic mass is 10.1. The first-order valence-electron chi connectivity index (χ1n) is 4.59. The van der Waals surface area contributed by atoms with Gasteiger partial charge in [-0.1, -0.05) is 0 Å². The molecule has 72 valence electrons. The molecule has 0 aromatic rings. The SMILES string of the molecule is CC(C)(F)COC1CCCNC1. The number of ether oxygens (including phenoxy) is 1. The molecule has 1 atom stereocenters. The molecule has 0 aromatic carbocycles. The Balaban J connectivity index is 2.13. The van der Waals surface area contributed by atoms with Gasteiger partial charge in [0.1, 0.15) is 5.67 Å². The lowest BCUT2D eigenvalue weighted by molar-refractivity contribution is -0.0211. The number of alkyl halides is 1. The van der Waals surface area contributed by atoms with Crippen molar-refractivity contribution in [3.05, 3.63) is 0 Å². The van der Waals surface area contributed by atoms with Gasteiger partial charge in [0.15, 0.2) is 0 Å². The van der Waals surface area contributed by atoms with Gasteiger partial charge in [-0.2, -0.15) is 0 Å². The molecule has 3 heteroatoms. The van der Waals surface area contributed by atoms with Gasteiger partial charge >= 0.3 is 0 Å². The summed E-state index contributed by atoms with van der Waals surface area (Å²) in [5, 5.41) is 3.22. The summed E-state index contributed by atoms with van der Waals surface area (Å²) in [5.74, 6) is 0. The highest BCUT2D eigenvalue weighted by atomic mass is 19.1. The van der Waals surface area contributed by atoms with Crippen LogP contribution in [0.5, 0.6) is 0 Å². The van der Waals surface area contributed by atoms with Crippen LogP contribution in [0.2, 0.25) is 0 Å². The molecule has 0 amide bonds. The first-order chi connectivity index (χ1) is 5.58. The lowest BCUT2D eigenvalue weighted by Gasteiger charge is -2.25. The molecule has 1 fully saturated rings. The molecule has 1 unspecified atom stereocenters. The van der Waals surface area contributed by atoms with Crippen molar-refractivity contribution < 1.29 is 9.13 Å². The average molecular weight is 175 g/mol. The zero-order valence-corrected chi connectivity index (χ0v) is 7.90. The second-order valence-corrected chi connectivity index (χ2v) is 4.00. The van der Waals surface area contributed by atoms with E-state index in [9.17, 15) is 4.39 Å². The summed E-state index contributed by atoms with van der Waals surface area (Å²) < 4.78 is 18.4. The summed E-state index contributed by atoms with van der Waals surface area (Å²) in [7, 11) is 0. The molecule has 0 bridgehead atoms. The summed E-state index contributed by atoms with van der Waals surface area (Å²) in [5.41, 5.74) is -1.20. The lowest BCUT2D eigenvalue weighted by Crippen LogP contribution is -2.37. The zero-order valence-electron chi connectivity index (χ0n) is 7.90. The largest absolute Gasteiger partial charge is 0.374 e. The molecular weight excluding hydrogens is 157 g/mol. The fraction of sp³-hybridized carbons (Fsp3) is 1.00. The van der Waals surface area contributed by atoms with E-state index in [2.05, 4.69) is 5.32 Å². The summed E-state index contributed by atoms with van der Waals surface area (Å²) in [6, 6.07) is 0. The van der Waals surface area contributed by atoms with Gasteiger partial charge in [-0.15, -0.1) is 0 Å². The van der Waals surface area contributed by atoms with E-state index in [0.717, 1.165) is 25.9 Å². The van der Waals surface area contributed by atoms with Gasteiger partial charge in [0, 0.05) is 6.54 Å². The third kappa shape index (κ3) is 4.02. The Morgan fingerprint density at radius 3 is 2.83 bits per heavy atom. The first kappa shape index (κ1) is 9.93. The van der Waals surface area contributed by atoms with Gasteiger partial charge in [-0.3, -0.25) is 0 Å². The molecule has 0 aromatic heterocycles. The van der Waals surface area contributed by atoms with E-state index in [1.165, 1.54) is 0 Å². The number of halogens is 1. The molecule has 1 rings (SSSR count). The predicted octanol–water partition coefficient (Wildman–Crippen LogP) is 1.50. The minimum absolute atomic E-state index is 0.208. The van der Waals surface area contributed by atoms with Crippen LogP contribution < -0.4 is 5.32 Å². The van der Waals surface area contributed by atoms with E-state index in [0.29, 0.717) is 0 Å². The molecule has 1 heterocycles. The molecule has 2 nitrogen and oxygen atoms in total. The number of nitrogens with one attached hydrogen (secondary N) is 1. The van der Waals surface area contributed by atoms with Gasteiger partial charge in [0.05, 0.1) is 12.7 Å². The van der Waals surface area contributed by atoms with Crippen LogP contribution in [0.3, 0.4) is 0 Å². The Hall–Kier alpha value is -0.150. The summed E-state index contributed by atoms with van der Waals surface area (Å²) in [4.78, 5) is 0. The molecule has 1 saturated heterocycles. The highest BCUT2D eigenvalue weighted by Crippen LogP contribution is 2.12. The molecular formula is C9H18FNO. The van der Waals surface area contributed by atoms with E-state index in [1.54, 1.807) is 13.8 Å². The van der Waals surface area contributed by atoms with Crippen LogP contribution in [0.4, 0.5) is 4.39 Å². The Morgan fingerprint density at radius 1 is 1.58 bits per heavy atom. The molecule has 1 aliphatic heterocycles. The van der Waals surface area contributed by atoms with Crippen LogP contribution >= 0.6 is 0 Å². The van der Waals surface area contributed by atoms with Crippen LogP contribution in [-0.4, -0.2) is 31.5 Å². The topological polar surface area (TPSA) is 21.3 Å². The zero-order chi connectivity index (χ0) is 9.03. The normalized spacial score (nSPS) is 25.8.